The molecule has 2 aromatic rings. The number of rotatable bonds is 8. The van der Waals surface area contributed by atoms with E-state index in [-0.39, 0.29) is 11.9 Å². The van der Waals surface area contributed by atoms with Gasteiger partial charge in [0, 0.05) is 5.69 Å². The quantitative estimate of drug-likeness (QED) is 0.647. The van der Waals surface area contributed by atoms with Gasteiger partial charge in [0.2, 0.25) is 5.91 Å². The van der Waals surface area contributed by atoms with Crippen molar-refractivity contribution in [1.82, 2.24) is 4.90 Å². The van der Waals surface area contributed by atoms with Gasteiger partial charge in [0.15, 0.2) is 0 Å². The molecule has 5 heteroatoms. The average molecular weight is 399 g/mol. The molecule has 0 aromatic heterocycles. The predicted molar refractivity (Wildman–Crippen MR) is 119 cm³/mol. The van der Waals surface area contributed by atoms with E-state index in [1.54, 1.807) is 12.1 Å². The molecule has 0 aliphatic carbocycles. The van der Waals surface area contributed by atoms with E-state index in [9.17, 15) is 9.59 Å². The molecule has 29 heavy (non-hydrogen) atoms. The highest BCUT2D eigenvalue weighted by Gasteiger charge is 2.10. The van der Waals surface area contributed by atoms with Gasteiger partial charge in [0.1, 0.15) is 0 Å². The van der Waals surface area contributed by atoms with Crippen LogP contribution in [0.2, 0.25) is 0 Å². The van der Waals surface area contributed by atoms with Crippen molar-refractivity contribution in [3.8, 4) is 0 Å². The van der Waals surface area contributed by atoms with Crippen LogP contribution >= 0.6 is 0 Å². The molecule has 0 bridgehead atoms. The molecule has 5 nitrogen and oxygen atoms in total. The Morgan fingerprint density at radius 1 is 0.897 bits per heavy atom. The lowest BCUT2D eigenvalue weighted by Gasteiger charge is -2.18. The van der Waals surface area contributed by atoms with E-state index >= 15 is 0 Å². The zero-order chi connectivity index (χ0) is 21.6. The van der Waals surface area contributed by atoms with Crippen molar-refractivity contribution >= 4 is 17.6 Å². The van der Waals surface area contributed by atoms with Gasteiger partial charge < -0.3 is 10.1 Å². The smallest absolute Gasteiger partial charge is 0.338 e. The third-order valence-electron chi connectivity index (χ3n) is 4.45. The van der Waals surface area contributed by atoms with Crippen LogP contribution in [0.3, 0.4) is 0 Å². The van der Waals surface area contributed by atoms with Gasteiger partial charge in [-0.05, 0) is 56.6 Å². The Hall–Kier alpha value is -2.66. The van der Waals surface area contributed by atoms with Crippen LogP contribution in [0.5, 0.6) is 0 Å². The Bertz CT molecular complexity index is 736. The Morgan fingerprint density at radius 3 is 2.00 bits per heavy atom. The molecule has 0 radical (unpaired) electrons. The molecule has 0 saturated carbocycles. The maximum absolute atomic E-state index is 11.9. The number of anilines is 1. The second kappa shape index (κ2) is 13.5. The first kappa shape index (κ1) is 24.4. The summed E-state index contributed by atoms with van der Waals surface area (Å²) in [4.78, 5) is 25.2. The topological polar surface area (TPSA) is 58.6 Å². The summed E-state index contributed by atoms with van der Waals surface area (Å²) in [6.07, 6.45) is 0.860. The third kappa shape index (κ3) is 8.92. The molecule has 2 aromatic carbocycles. The van der Waals surface area contributed by atoms with Crippen molar-refractivity contribution in [3.05, 3.63) is 65.2 Å². The van der Waals surface area contributed by atoms with Crippen LogP contribution in [-0.2, 0) is 9.53 Å². The fourth-order valence-electron chi connectivity index (χ4n) is 2.69. The summed E-state index contributed by atoms with van der Waals surface area (Å²) in [5.74, 6) is -0.177. The molecule has 0 heterocycles. The number of carbonyl (C=O) groups is 2. The molecule has 1 amide bonds. The van der Waals surface area contributed by atoms with Crippen LogP contribution in [0.1, 0.15) is 48.7 Å². The molecule has 0 aliphatic rings. The highest BCUT2D eigenvalue weighted by Crippen LogP contribution is 2.19. The second-order valence-corrected chi connectivity index (χ2v) is 6.78. The van der Waals surface area contributed by atoms with Crippen molar-refractivity contribution < 1.29 is 14.3 Å². The number of para-hydroxylation sites is 1. The van der Waals surface area contributed by atoms with Crippen LogP contribution in [0, 0.1) is 13.8 Å². The van der Waals surface area contributed by atoms with Gasteiger partial charge in [0.25, 0.3) is 0 Å². The summed E-state index contributed by atoms with van der Waals surface area (Å²) in [7, 11) is 0. The number of amides is 1. The second-order valence-electron chi connectivity index (χ2n) is 6.78. The molecule has 158 valence electrons. The molecule has 0 fully saturated rings. The fraction of sp³-hybridized carbons (Fsp3) is 0.417. The Labute approximate surface area is 175 Å². The Kier molecular flexibility index (Phi) is 11.4. The first-order valence-electron chi connectivity index (χ1n) is 10.2. The van der Waals surface area contributed by atoms with E-state index < -0.39 is 0 Å². The highest BCUT2D eigenvalue weighted by molar-refractivity contribution is 5.93. The first-order chi connectivity index (χ1) is 13.9. The van der Waals surface area contributed by atoms with Crippen LogP contribution < -0.4 is 5.32 Å². The Morgan fingerprint density at radius 2 is 1.48 bits per heavy atom. The summed E-state index contributed by atoms with van der Waals surface area (Å²) in [5.41, 5.74) is 3.78. The predicted octanol–water partition coefficient (Wildman–Crippen LogP) is 4.84. The van der Waals surface area contributed by atoms with Crippen LogP contribution in [0.25, 0.3) is 0 Å². The summed E-state index contributed by atoms with van der Waals surface area (Å²) in [6, 6.07) is 15.0. The number of nitrogens with zero attached hydrogens (tertiary/aromatic N) is 1. The monoisotopic (exact) mass is 398 g/mol. The van der Waals surface area contributed by atoms with Crippen molar-refractivity contribution in [3.63, 3.8) is 0 Å². The summed E-state index contributed by atoms with van der Waals surface area (Å²) in [6.45, 7) is 12.9. The molecule has 0 aliphatic heterocycles. The number of esters is 1. The number of benzene rings is 2. The first-order valence-corrected chi connectivity index (χ1v) is 10.2. The minimum atomic E-state index is -0.238. The largest absolute Gasteiger partial charge is 0.462 e. The number of likely N-dealkylation sites (N-methyl/N-ethyl adjacent to an activating group) is 1. The summed E-state index contributed by atoms with van der Waals surface area (Å²) >= 11 is 0. The SMILES string of the molecule is CCCOC(=O)c1ccccc1.CCN(CC)CC(=O)Nc1c(C)cccc1C. The molecule has 0 saturated heterocycles. The maximum Gasteiger partial charge on any atom is 0.338 e. The van der Waals surface area contributed by atoms with Gasteiger partial charge in [-0.2, -0.15) is 0 Å². The normalized spacial score (nSPS) is 10.1. The fourth-order valence-corrected chi connectivity index (χ4v) is 2.69. The van der Waals surface area contributed by atoms with E-state index in [1.807, 2.05) is 57.2 Å². The van der Waals surface area contributed by atoms with Gasteiger partial charge in [-0.1, -0.05) is 57.2 Å². The minimum Gasteiger partial charge on any atom is -0.462 e. The van der Waals surface area contributed by atoms with Gasteiger partial charge in [0.05, 0.1) is 18.7 Å². The van der Waals surface area contributed by atoms with E-state index in [0.717, 1.165) is 36.3 Å². The van der Waals surface area contributed by atoms with Crippen LogP contribution in [0.15, 0.2) is 48.5 Å². The van der Waals surface area contributed by atoms with E-state index in [2.05, 4.69) is 24.1 Å². The zero-order valence-corrected chi connectivity index (χ0v) is 18.3. The third-order valence-corrected chi connectivity index (χ3v) is 4.45. The highest BCUT2D eigenvalue weighted by atomic mass is 16.5. The number of carbonyl (C=O) groups excluding carboxylic acids is 2. The van der Waals surface area contributed by atoms with Crippen LogP contribution in [0.4, 0.5) is 5.69 Å². The maximum atomic E-state index is 11.9. The molecule has 0 unspecified atom stereocenters. The van der Waals surface area contributed by atoms with Gasteiger partial charge in [-0.3, -0.25) is 9.69 Å². The average Bonchev–Trinajstić information content (AvgIpc) is 2.74. The standard InChI is InChI=1S/C14H22N2O.C10H12O2/c1-5-16(6-2)10-13(17)15-14-11(3)8-7-9-12(14)4;1-2-8-12-10(11)9-6-4-3-5-7-9/h7-9H,5-6,10H2,1-4H3,(H,15,17);3-7H,2,8H2,1H3. The van der Waals surface area contributed by atoms with Crippen molar-refractivity contribution in [2.75, 3.05) is 31.6 Å². The van der Waals surface area contributed by atoms with Gasteiger partial charge in [-0.15, -0.1) is 0 Å². The molecule has 0 atom stereocenters. The van der Waals surface area contributed by atoms with Crippen molar-refractivity contribution in [2.24, 2.45) is 0 Å². The lowest BCUT2D eigenvalue weighted by atomic mass is 10.1. The van der Waals surface area contributed by atoms with E-state index in [1.165, 1.54) is 0 Å². The van der Waals surface area contributed by atoms with E-state index in [0.29, 0.717) is 18.7 Å². The van der Waals surface area contributed by atoms with Crippen molar-refractivity contribution in [1.29, 1.82) is 0 Å². The molecular formula is C24H34N2O3. The van der Waals surface area contributed by atoms with Gasteiger partial charge >= 0.3 is 5.97 Å². The van der Waals surface area contributed by atoms with Gasteiger partial charge in [-0.25, -0.2) is 4.79 Å². The van der Waals surface area contributed by atoms with Crippen LogP contribution in [-0.4, -0.2) is 43.0 Å². The number of nitrogens with one attached hydrogen (secondary N) is 1. The molecule has 0 spiro atoms. The Balaban J connectivity index is 0.000000308. The lowest BCUT2D eigenvalue weighted by Crippen LogP contribution is -2.33. The lowest BCUT2D eigenvalue weighted by molar-refractivity contribution is -0.117. The van der Waals surface area contributed by atoms with Crippen molar-refractivity contribution in [2.45, 2.75) is 41.0 Å². The number of hydrogen-bond acceptors (Lipinski definition) is 4. The minimum absolute atomic E-state index is 0.0612. The molecule has 2 rings (SSSR count). The summed E-state index contributed by atoms with van der Waals surface area (Å²) < 4.78 is 4.94. The molecular weight excluding hydrogens is 364 g/mol. The van der Waals surface area contributed by atoms with E-state index in [4.69, 9.17) is 4.74 Å². The number of aryl methyl sites for hydroxylation is 2. The summed E-state index contributed by atoms with van der Waals surface area (Å²) in [5, 5.41) is 3.00. The molecule has 1 N–H and O–H groups in total. The number of ether oxygens (including phenoxy) is 1. The zero-order valence-electron chi connectivity index (χ0n) is 18.3. The number of hydrogen-bond donors (Lipinski definition) is 1.